The van der Waals surface area contributed by atoms with Crippen LogP contribution in [-0.2, 0) is 9.53 Å². The minimum Gasteiger partial charge on any atom is -0.493 e. The average molecular weight is 404 g/mol. The Morgan fingerprint density at radius 1 is 1.25 bits per heavy atom. The molecular formula is C19H24N4O4S. The highest BCUT2D eigenvalue weighted by Crippen LogP contribution is 2.39. The molecule has 0 radical (unpaired) electrons. The van der Waals surface area contributed by atoms with Crippen LogP contribution in [0.1, 0.15) is 32.4 Å². The summed E-state index contributed by atoms with van der Waals surface area (Å²) in [4.78, 5) is 17.3. The Kier molecular flexibility index (Phi) is 6.13. The largest absolute Gasteiger partial charge is 0.493 e. The van der Waals surface area contributed by atoms with Crippen LogP contribution in [0.3, 0.4) is 0 Å². The number of nitrogens with one attached hydrogen (secondary N) is 1. The molecule has 2 aromatic rings. The molecule has 0 aliphatic carbocycles. The van der Waals surface area contributed by atoms with Gasteiger partial charge in [-0.1, -0.05) is 24.8 Å². The molecule has 2 heterocycles. The third-order valence-electron chi connectivity index (χ3n) is 4.33. The second-order valence-corrected chi connectivity index (χ2v) is 7.23. The number of benzene rings is 1. The van der Waals surface area contributed by atoms with Crippen molar-refractivity contribution in [2.45, 2.75) is 32.0 Å². The third kappa shape index (κ3) is 3.66. The highest BCUT2D eigenvalue weighted by atomic mass is 32.2. The van der Waals surface area contributed by atoms with Crippen molar-refractivity contribution < 1.29 is 19.0 Å². The first kappa shape index (κ1) is 20.1. The van der Waals surface area contributed by atoms with Gasteiger partial charge in [-0.2, -0.15) is 4.98 Å². The Morgan fingerprint density at radius 2 is 2.00 bits per heavy atom. The van der Waals surface area contributed by atoms with Crippen LogP contribution < -0.4 is 14.8 Å². The van der Waals surface area contributed by atoms with E-state index in [2.05, 4.69) is 15.4 Å². The number of carbonyl (C=O) groups is 1. The molecule has 1 aliphatic rings. The van der Waals surface area contributed by atoms with Crippen molar-refractivity contribution in [3.63, 3.8) is 0 Å². The molecule has 8 nitrogen and oxygen atoms in total. The lowest BCUT2D eigenvalue weighted by atomic mass is 9.95. The number of carbonyl (C=O) groups excluding carboxylic acids is 1. The van der Waals surface area contributed by atoms with E-state index in [0.29, 0.717) is 33.9 Å². The molecule has 150 valence electrons. The van der Waals surface area contributed by atoms with Crippen LogP contribution in [0.4, 0.5) is 5.95 Å². The molecule has 0 saturated carbocycles. The molecule has 3 rings (SSSR count). The van der Waals surface area contributed by atoms with Gasteiger partial charge < -0.3 is 19.5 Å². The first-order chi connectivity index (χ1) is 13.5. The van der Waals surface area contributed by atoms with Crippen LogP contribution in [0, 0.1) is 0 Å². The van der Waals surface area contributed by atoms with E-state index in [1.807, 2.05) is 32.0 Å². The Bertz CT molecular complexity index is 909. The molecule has 1 aliphatic heterocycles. The smallest absolute Gasteiger partial charge is 0.338 e. The fourth-order valence-electron chi connectivity index (χ4n) is 3.13. The SMILES string of the molecule is CCOC(=O)C1=C(C)Nc2nc(SCC)nn2C1c1ccc(OC)c(OC)c1. The van der Waals surface area contributed by atoms with Gasteiger partial charge in [0.2, 0.25) is 11.1 Å². The van der Waals surface area contributed by atoms with Gasteiger partial charge in [-0.15, -0.1) is 5.10 Å². The van der Waals surface area contributed by atoms with Crippen molar-refractivity contribution in [1.82, 2.24) is 14.8 Å². The van der Waals surface area contributed by atoms with E-state index in [-0.39, 0.29) is 6.61 Å². The topological polar surface area (TPSA) is 87.5 Å². The van der Waals surface area contributed by atoms with E-state index in [1.54, 1.807) is 25.8 Å². The number of nitrogens with zero attached hydrogens (tertiary/aromatic N) is 3. The minimum absolute atomic E-state index is 0.287. The van der Waals surface area contributed by atoms with Crippen molar-refractivity contribution in [2.24, 2.45) is 0 Å². The zero-order chi connectivity index (χ0) is 20.3. The second kappa shape index (κ2) is 8.55. The summed E-state index contributed by atoms with van der Waals surface area (Å²) in [5, 5.41) is 8.44. The molecular weight excluding hydrogens is 380 g/mol. The zero-order valence-corrected chi connectivity index (χ0v) is 17.4. The molecule has 0 amide bonds. The van der Waals surface area contributed by atoms with Crippen molar-refractivity contribution in [3.05, 3.63) is 35.0 Å². The maximum absolute atomic E-state index is 12.8. The Morgan fingerprint density at radius 3 is 2.64 bits per heavy atom. The summed E-state index contributed by atoms with van der Waals surface area (Å²) in [5.74, 6) is 2.23. The van der Waals surface area contributed by atoms with Crippen LogP contribution in [0.25, 0.3) is 0 Å². The minimum atomic E-state index is -0.492. The summed E-state index contributed by atoms with van der Waals surface area (Å²) >= 11 is 1.54. The molecule has 1 aromatic heterocycles. The Labute approximate surface area is 168 Å². The monoisotopic (exact) mass is 404 g/mol. The summed E-state index contributed by atoms with van der Waals surface area (Å²) < 4.78 is 17.8. The summed E-state index contributed by atoms with van der Waals surface area (Å²) in [6, 6.07) is 5.06. The number of hydrogen-bond donors (Lipinski definition) is 1. The summed E-state index contributed by atoms with van der Waals surface area (Å²) in [6.07, 6.45) is 0. The standard InChI is InChI=1S/C19H24N4O4S/c1-6-27-17(24)15-11(3)20-18-21-19(28-7-2)22-23(18)16(15)12-8-9-13(25-4)14(10-12)26-5/h8-10,16H,6-7H2,1-5H3,(H,20,21,22). The summed E-state index contributed by atoms with van der Waals surface area (Å²) in [7, 11) is 3.16. The predicted molar refractivity (Wildman–Crippen MR) is 107 cm³/mol. The predicted octanol–water partition coefficient (Wildman–Crippen LogP) is 3.26. The number of fused-ring (bicyclic) bond motifs is 1. The van der Waals surface area contributed by atoms with Crippen LogP contribution in [0.5, 0.6) is 11.5 Å². The molecule has 1 aromatic carbocycles. The van der Waals surface area contributed by atoms with Gasteiger partial charge in [-0.25, -0.2) is 9.48 Å². The molecule has 0 saturated heterocycles. The van der Waals surface area contributed by atoms with E-state index in [0.717, 1.165) is 11.3 Å². The number of esters is 1. The quantitative estimate of drug-likeness (QED) is 0.556. The van der Waals surface area contributed by atoms with Gasteiger partial charge in [-0.3, -0.25) is 0 Å². The number of aromatic nitrogens is 3. The fourth-order valence-corrected chi connectivity index (χ4v) is 3.68. The average Bonchev–Trinajstić information content (AvgIpc) is 3.08. The molecule has 1 N–H and O–H groups in total. The van der Waals surface area contributed by atoms with Crippen LogP contribution in [0.2, 0.25) is 0 Å². The lowest BCUT2D eigenvalue weighted by Crippen LogP contribution is -2.29. The third-order valence-corrected chi connectivity index (χ3v) is 5.05. The number of allylic oxidation sites excluding steroid dienone is 1. The molecule has 0 fully saturated rings. The maximum atomic E-state index is 12.8. The van der Waals surface area contributed by atoms with Gasteiger partial charge in [0.05, 0.1) is 26.4 Å². The number of hydrogen-bond acceptors (Lipinski definition) is 8. The molecule has 1 atom stereocenters. The first-order valence-corrected chi connectivity index (χ1v) is 9.98. The zero-order valence-electron chi connectivity index (χ0n) is 16.6. The molecule has 9 heteroatoms. The van der Waals surface area contributed by atoms with Crippen molar-refractivity contribution in [2.75, 3.05) is 31.9 Å². The lowest BCUT2D eigenvalue weighted by molar-refractivity contribution is -0.139. The summed E-state index contributed by atoms with van der Waals surface area (Å²) in [6.45, 7) is 5.95. The number of methoxy groups -OCH3 is 2. The van der Waals surface area contributed by atoms with Crippen molar-refractivity contribution in [1.29, 1.82) is 0 Å². The fraction of sp³-hybridized carbons (Fsp3) is 0.421. The van der Waals surface area contributed by atoms with E-state index >= 15 is 0 Å². The normalized spacial score (nSPS) is 15.7. The second-order valence-electron chi connectivity index (χ2n) is 6.00. The van der Waals surface area contributed by atoms with Gasteiger partial charge in [0.1, 0.15) is 6.04 Å². The van der Waals surface area contributed by atoms with Crippen LogP contribution in [-0.4, -0.2) is 47.3 Å². The van der Waals surface area contributed by atoms with E-state index in [9.17, 15) is 4.79 Å². The van der Waals surface area contributed by atoms with Crippen molar-refractivity contribution in [3.8, 4) is 11.5 Å². The van der Waals surface area contributed by atoms with E-state index < -0.39 is 12.0 Å². The number of anilines is 1. The van der Waals surface area contributed by atoms with Gasteiger partial charge in [0.15, 0.2) is 11.5 Å². The van der Waals surface area contributed by atoms with Crippen molar-refractivity contribution >= 4 is 23.7 Å². The van der Waals surface area contributed by atoms with Gasteiger partial charge in [0, 0.05) is 5.70 Å². The van der Waals surface area contributed by atoms with Gasteiger partial charge in [0.25, 0.3) is 0 Å². The molecule has 0 spiro atoms. The highest BCUT2D eigenvalue weighted by molar-refractivity contribution is 7.99. The van der Waals surface area contributed by atoms with E-state index in [1.165, 1.54) is 11.8 Å². The molecule has 0 bridgehead atoms. The van der Waals surface area contributed by atoms with Crippen LogP contribution >= 0.6 is 11.8 Å². The summed E-state index contributed by atoms with van der Waals surface area (Å²) in [5.41, 5.74) is 1.99. The highest BCUT2D eigenvalue weighted by Gasteiger charge is 2.35. The van der Waals surface area contributed by atoms with Gasteiger partial charge in [-0.05, 0) is 37.3 Å². The Hall–Kier alpha value is -2.68. The van der Waals surface area contributed by atoms with Gasteiger partial charge >= 0.3 is 5.97 Å². The molecule has 28 heavy (non-hydrogen) atoms. The number of rotatable bonds is 7. The molecule has 1 unspecified atom stereocenters. The Balaban J connectivity index is 2.16. The maximum Gasteiger partial charge on any atom is 0.338 e. The van der Waals surface area contributed by atoms with E-state index in [4.69, 9.17) is 14.2 Å². The number of ether oxygens (including phenoxy) is 3. The first-order valence-electron chi connectivity index (χ1n) is 9.00. The number of thioether (sulfide) groups is 1. The lowest BCUT2D eigenvalue weighted by Gasteiger charge is -2.28. The van der Waals surface area contributed by atoms with Crippen LogP contribution in [0.15, 0.2) is 34.6 Å².